The Bertz CT molecular complexity index is 798. The van der Waals surface area contributed by atoms with Crippen LogP contribution in [0.25, 0.3) is 11.0 Å². The molecule has 0 saturated heterocycles. The molecule has 0 aliphatic carbocycles. The molecule has 0 aliphatic rings. The zero-order valence-electron chi connectivity index (χ0n) is 11.6. The molecule has 2 aromatic rings. The second-order valence-electron chi connectivity index (χ2n) is 4.31. The number of nitrogens with zero attached hydrogens (tertiary/aromatic N) is 2. The van der Waals surface area contributed by atoms with Gasteiger partial charge < -0.3 is 25.1 Å². The number of esters is 1. The first kappa shape index (κ1) is 15.3. The van der Waals surface area contributed by atoms with Crippen LogP contribution < -0.4 is 10.2 Å². The highest BCUT2D eigenvalue weighted by atomic mass is 16.6. The quantitative estimate of drug-likeness (QED) is 0.496. The fourth-order valence-corrected chi connectivity index (χ4v) is 1.93. The van der Waals surface area contributed by atoms with Crippen molar-refractivity contribution in [3.8, 4) is 0 Å². The standard InChI is InChI=1S/C13H13N3O6/c1-8-11(12(17)21-6-7-22-13(14)18)16(20)10-5-3-2-4-9(10)15(8)19/h2-5H,6-7H2,1H3,(H2,14,18). The second kappa shape index (κ2) is 6.12. The van der Waals surface area contributed by atoms with Crippen molar-refractivity contribution in [1.29, 1.82) is 0 Å². The van der Waals surface area contributed by atoms with E-state index in [9.17, 15) is 19.7 Å². The van der Waals surface area contributed by atoms with E-state index in [-0.39, 0.29) is 29.9 Å². The summed E-state index contributed by atoms with van der Waals surface area (Å²) in [5, 5.41) is 12.1. The molecule has 0 spiro atoms. The average Bonchev–Trinajstić information content (AvgIpc) is 2.49. The van der Waals surface area contributed by atoms with E-state index in [1.54, 1.807) is 12.1 Å². The van der Waals surface area contributed by atoms with Gasteiger partial charge in [-0.3, -0.25) is 0 Å². The van der Waals surface area contributed by atoms with Gasteiger partial charge in [0.05, 0.1) is 10.1 Å². The van der Waals surface area contributed by atoms with E-state index in [0.717, 1.165) is 0 Å². The Balaban J connectivity index is 2.33. The van der Waals surface area contributed by atoms with Gasteiger partial charge in [-0.05, 0) is 13.0 Å². The molecule has 1 amide bonds. The number of hydrogen-bond acceptors (Lipinski definition) is 6. The third kappa shape index (κ3) is 2.82. The van der Waals surface area contributed by atoms with Gasteiger partial charge in [0, 0.05) is 11.0 Å². The van der Waals surface area contributed by atoms with Crippen molar-refractivity contribution < 1.29 is 23.5 Å². The number of carbonyl (C=O) groups excluding carboxylic acids is 2. The van der Waals surface area contributed by atoms with Gasteiger partial charge in [0.15, 0.2) is 0 Å². The van der Waals surface area contributed by atoms with Crippen LogP contribution >= 0.6 is 0 Å². The van der Waals surface area contributed by atoms with Crippen molar-refractivity contribution in [3.63, 3.8) is 0 Å². The molecule has 0 bridgehead atoms. The van der Waals surface area contributed by atoms with Crippen molar-refractivity contribution in [2.24, 2.45) is 5.73 Å². The van der Waals surface area contributed by atoms with E-state index < -0.39 is 17.8 Å². The molecule has 116 valence electrons. The van der Waals surface area contributed by atoms with E-state index in [1.807, 2.05) is 0 Å². The van der Waals surface area contributed by atoms with Gasteiger partial charge >= 0.3 is 17.8 Å². The normalized spacial score (nSPS) is 10.4. The summed E-state index contributed by atoms with van der Waals surface area (Å²) < 4.78 is 10.0. The average molecular weight is 307 g/mol. The fraction of sp³-hybridized carbons (Fsp3) is 0.231. The third-order valence-corrected chi connectivity index (χ3v) is 2.92. The molecule has 2 rings (SSSR count). The topological polar surface area (TPSA) is 130 Å². The lowest BCUT2D eigenvalue weighted by molar-refractivity contribution is -0.469. The largest absolute Gasteiger partial charge is 0.805 e. The molecule has 0 saturated carbocycles. The van der Waals surface area contributed by atoms with Crippen LogP contribution in [0.3, 0.4) is 0 Å². The molecule has 0 fully saturated rings. The Morgan fingerprint density at radius 2 is 1.91 bits per heavy atom. The molecule has 0 atom stereocenters. The molecule has 9 heteroatoms. The number of fused-ring (bicyclic) bond motifs is 1. The molecular weight excluding hydrogens is 294 g/mol. The zero-order valence-corrected chi connectivity index (χ0v) is 11.6. The van der Waals surface area contributed by atoms with Crippen LogP contribution in [0.5, 0.6) is 0 Å². The van der Waals surface area contributed by atoms with Crippen LogP contribution in [-0.4, -0.2) is 30.0 Å². The molecular formula is C13H13N3O6. The van der Waals surface area contributed by atoms with Crippen LogP contribution in [0.2, 0.25) is 0 Å². The van der Waals surface area contributed by atoms with E-state index >= 15 is 0 Å². The number of nitrogens with two attached hydrogens (primary N) is 1. The Hall–Kier alpha value is -3.10. The summed E-state index contributed by atoms with van der Waals surface area (Å²) in [6.45, 7) is 0.807. The molecule has 1 aromatic heterocycles. The van der Waals surface area contributed by atoms with Crippen molar-refractivity contribution in [2.45, 2.75) is 6.92 Å². The maximum atomic E-state index is 12.2. The number of hydrogen-bond donors (Lipinski definition) is 1. The predicted octanol–water partition coefficient (Wildman–Crippen LogP) is 0.462. The molecule has 2 N–H and O–H groups in total. The maximum absolute atomic E-state index is 12.2. The highest BCUT2D eigenvalue weighted by molar-refractivity contribution is 5.88. The minimum atomic E-state index is -1.01. The summed E-state index contributed by atoms with van der Waals surface area (Å²) in [7, 11) is 0. The van der Waals surface area contributed by atoms with Gasteiger partial charge in [-0.1, -0.05) is 12.1 Å². The number of aromatic nitrogens is 2. The first-order valence-electron chi connectivity index (χ1n) is 6.27. The van der Waals surface area contributed by atoms with Crippen LogP contribution in [-0.2, 0) is 9.47 Å². The molecule has 0 radical (unpaired) electrons. The minimum Gasteiger partial charge on any atom is -0.805 e. The predicted molar refractivity (Wildman–Crippen MR) is 74.6 cm³/mol. The Kier molecular flexibility index (Phi) is 4.25. The molecule has 22 heavy (non-hydrogen) atoms. The lowest BCUT2D eigenvalue weighted by Gasteiger charge is -2.15. The summed E-state index contributed by atoms with van der Waals surface area (Å²) >= 11 is 0. The summed E-state index contributed by atoms with van der Waals surface area (Å²) in [6.07, 6.45) is -1.01. The number of ether oxygens (including phenoxy) is 2. The van der Waals surface area contributed by atoms with Crippen molar-refractivity contribution in [1.82, 2.24) is 4.73 Å². The van der Waals surface area contributed by atoms with Crippen LogP contribution in [0.1, 0.15) is 16.2 Å². The van der Waals surface area contributed by atoms with Gasteiger partial charge in [-0.25, -0.2) is 9.59 Å². The van der Waals surface area contributed by atoms with Gasteiger partial charge in [0.2, 0.25) is 0 Å². The first-order chi connectivity index (χ1) is 10.4. The van der Waals surface area contributed by atoms with Crippen LogP contribution in [0.4, 0.5) is 4.79 Å². The number of carbonyl (C=O) groups is 2. The summed E-state index contributed by atoms with van der Waals surface area (Å²) in [5.41, 5.74) is 4.43. The van der Waals surface area contributed by atoms with Crippen molar-refractivity contribution >= 4 is 23.1 Å². The van der Waals surface area contributed by atoms with Crippen molar-refractivity contribution in [3.05, 3.63) is 45.8 Å². The highest BCUT2D eigenvalue weighted by Gasteiger charge is 2.28. The van der Waals surface area contributed by atoms with Crippen molar-refractivity contribution in [2.75, 3.05) is 13.2 Å². The fourth-order valence-electron chi connectivity index (χ4n) is 1.93. The Morgan fingerprint density at radius 1 is 1.27 bits per heavy atom. The maximum Gasteiger partial charge on any atom is 0.410 e. The Morgan fingerprint density at radius 3 is 2.59 bits per heavy atom. The number of benzene rings is 1. The number of amides is 1. The highest BCUT2D eigenvalue weighted by Crippen LogP contribution is 2.14. The molecule has 0 aliphatic heterocycles. The minimum absolute atomic E-state index is 0.0448. The third-order valence-electron chi connectivity index (χ3n) is 2.92. The molecule has 1 heterocycles. The van der Waals surface area contributed by atoms with E-state index in [0.29, 0.717) is 9.16 Å². The summed E-state index contributed by atoms with van der Waals surface area (Å²) in [4.78, 5) is 34.6. The van der Waals surface area contributed by atoms with Gasteiger partial charge in [-0.2, -0.15) is 0 Å². The zero-order chi connectivity index (χ0) is 16.3. The van der Waals surface area contributed by atoms with Gasteiger partial charge in [-0.15, -0.1) is 0 Å². The smallest absolute Gasteiger partial charge is 0.410 e. The van der Waals surface area contributed by atoms with Gasteiger partial charge in [0.1, 0.15) is 18.7 Å². The second-order valence-corrected chi connectivity index (χ2v) is 4.31. The van der Waals surface area contributed by atoms with Crippen LogP contribution in [0, 0.1) is 17.0 Å². The molecule has 0 unspecified atom stereocenters. The van der Waals surface area contributed by atoms with Gasteiger partial charge in [0.25, 0.3) is 5.52 Å². The van der Waals surface area contributed by atoms with E-state index in [4.69, 9.17) is 10.5 Å². The lowest BCUT2D eigenvalue weighted by atomic mass is 10.2. The number of para-hydroxylation sites is 2. The molecule has 9 nitrogen and oxygen atoms in total. The number of rotatable bonds is 4. The lowest BCUT2D eigenvalue weighted by Crippen LogP contribution is -2.32. The van der Waals surface area contributed by atoms with E-state index in [1.165, 1.54) is 19.1 Å². The SMILES string of the molecule is Cc1c(C(=O)OCCOC(N)=O)[n+](=O)c2ccccc2n1[O-]. The molecule has 1 aromatic carbocycles. The van der Waals surface area contributed by atoms with Crippen LogP contribution in [0.15, 0.2) is 24.3 Å². The number of primary amides is 1. The Labute approximate surface area is 124 Å². The first-order valence-corrected chi connectivity index (χ1v) is 6.27. The monoisotopic (exact) mass is 307 g/mol. The van der Waals surface area contributed by atoms with E-state index in [2.05, 4.69) is 4.74 Å². The summed E-state index contributed by atoms with van der Waals surface area (Å²) in [6, 6.07) is 6.07. The summed E-state index contributed by atoms with van der Waals surface area (Å²) in [5.74, 6) is -0.990.